The van der Waals surface area contributed by atoms with Crippen LogP contribution in [-0.2, 0) is 0 Å². The van der Waals surface area contributed by atoms with Crippen LogP contribution >= 0.6 is 15.9 Å². The number of benzene rings is 2. The number of anilines is 2. The highest BCUT2D eigenvalue weighted by Crippen LogP contribution is 2.33. The van der Waals surface area contributed by atoms with E-state index in [1.54, 1.807) is 0 Å². The van der Waals surface area contributed by atoms with E-state index < -0.39 is 0 Å². The molecule has 0 unspecified atom stereocenters. The molecule has 0 saturated heterocycles. The van der Waals surface area contributed by atoms with Crippen molar-refractivity contribution in [1.82, 2.24) is 0 Å². The summed E-state index contributed by atoms with van der Waals surface area (Å²) in [6.07, 6.45) is 0.469. The van der Waals surface area contributed by atoms with Gasteiger partial charge < -0.3 is 10.6 Å². The monoisotopic (exact) mass is 343 g/mol. The van der Waals surface area contributed by atoms with Crippen molar-refractivity contribution >= 4 is 27.3 Å². The Balaban J connectivity index is 2.40. The van der Waals surface area contributed by atoms with Crippen LogP contribution in [0.1, 0.15) is 24.9 Å². The fourth-order valence-electron chi connectivity index (χ4n) is 2.18. The van der Waals surface area contributed by atoms with Crippen LogP contribution in [0.25, 0.3) is 0 Å². The molecular weight excluding hydrogens is 326 g/mol. The Labute approximate surface area is 134 Å². The van der Waals surface area contributed by atoms with Gasteiger partial charge in [-0.15, -0.1) is 0 Å². The van der Waals surface area contributed by atoms with E-state index in [1.165, 1.54) is 0 Å². The Hall–Kier alpha value is -1.83. The van der Waals surface area contributed by atoms with Gasteiger partial charge in [0.25, 0.3) is 0 Å². The summed E-state index contributed by atoms with van der Waals surface area (Å²) in [6, 6.07) is 18.4. The Morgan fingerprint density at radius 3 is 2.52 bits per heavy atom. The maximum Gasteiger partial charge on any atom is 0.0640 e. The molecule has 0 aliphatic heterocycles. The van der Waals surface area contributed by atoms with Crippen LogP contribution in [0.2, 0.25) is 0 Å². The van der Waals surface area contributed by atoms with Gasteiger partial charge in [0, 0.05) is 22.7 Å². The molecule has 108 valence electrons. The third-order valence-electron chi connectivity index (χ3n) is 3.30. The molecule has 0 aliphatic carbocycles. The topological polar surface area (TPSA) is 53.0 Å². The number of para-hydroxylation sites is 1. The van der Waals surface area contributed by atoms with Crippen molar-refractivity contribution in [3.05, 3.63) is 58.6 Å². The van der Waals surface area contributed by atoms with Crippen molar-refractivity contribution in [2.24, 2.45) is 5.73 Å². The van der Waals surface area contributed by atoms with Gasteiger partial charge in [0.2, 0.25) is 0 Å². The van der Waals surface area contributed by atoms with Gasteiger partial charge in [-0.25, -0.2) is 0 Å². The first-order valence-corrected chi connectivity index (χ1v) is 7.67. The van der Waals surface area contributed by atoms with Gasteiger partial charge in [-0.05, 0) is 52.7 Å². The third-order valence-corrected chi connectivity index (χ3v) is 3.94. The minimum atomic E-state index is -0.000339. The largest absolute Gasteiger partial charge is 0.340 e. The number of rotatable bonds is 5. The van der Waals surface area contributed by atoms with E-state index in [4.69, 9.17) is 11.0 Å². The van der Waals surface area contributed by atoms with E-state index in [9.17, 15) is 0 Å². The molecule has 0 saturated carbocycles. The number of hydrogen-bond donors (Lipinski definition) is 1. The van der Waals surface area contributed by atoms with Gasteiger partial charge in [0.05, 0.1) is 18.2 Å². The van der Waals surface area contributed by atoms with Gasteiger partial charge in [0.15, 0.2) is 0 Å². The van der Waals surface area contributed by atoms with E-state index in [0.29, 0.717) is 13.0 Å². The van der Waals surface area contributed by atoms with E-state index in [2.05, 4.69) is 26.9 Å². The second-order valence-electron chi connectivity index (χ2n) is 4.89. The van der Waals surface area contributed by atoms with E-state index in [1.807, 2.05) is 55.5 Å². The summed E-state index contributed by atoms with van der Waals surface area (Å²) in [6.45, 7) is 2.61. The van der Waals surface area contributed by atoms with Gasteiger partial charge in [-0.3, -0.25) is 0 Å². The summed E-state index contributed by atoms with van der Waals surface area (Å²) in [5.74, 6) is 0. The molecule has 0 bridgehead atoms. The summed E-state index contributed by atoms with van der Waals surface area (Å²) >= 11 is 3.63. The molecule has 0 amide bonds. The Morgan fingerprint density at radius 1 is 1.24 bits per heavy atom. The highest BCUT2D eigenvalue weighted by Gasteiger charge is 2.13. The van der Waals surface area contributed by atoms with E-state index in [-0.39, 0.29) is 6.04 Å². The van der Waals surface area contributed by atoms with Crippen LogP contribution in [0.5, 0.6) is 0 Å². The smallest absolute Gasteiger partial charge is 0.0640 e. The lowest BCUT2D eigenvalue weighted by Crippen LogP contribution is -2.18. The molecule has 1 atom stereocenters. The highest BCUT2D eigenvalue weighted by atomic mass is 79.9. The zero-order valence-electron chi connectivity index (χ0n) is 12.0. The van der Waals surface area contributed by atoms with Crippen molar-refractivity contribution in [1.29, 1.82) is 5.26 Å². The van der Waals surface area contributed by atoms with E-state index in [0.717, 1.165) is 21.4 Å². The van der Waals surface area contributed by atoms with Crippen molar-refractivity contribution in [3.63, 3.8) is 0 Å². The van der Waals surface area contributed by atoms with Gasteiger partial charge >= 0.3 is 0 Å². The Kier molecular flexibility index (Phi) is 5.38. The summed E-state index contributed by atoms with van der Waals surface area (Å²) in [4.78, 5) is 2.14. The van der Waals surface area contributed by atoms with Crippen LogP contribution in [0, 0.1) is 11.3 Å². The number of hydrogen-bond acceptors (Lipinski definition) is 3. The molecule has 2 aromatic carbocycles. The molecule has 21 heavy (non-hydrogen) atoms. The molecule has 2 rings (SSSR count). The summed E-state index contributed by atoms with van der Waals surface area (Å²) in [5, 5.41) is 8.89. The molecule has 2 aromatic rings. The number of nitriles is 1. The molecule has 4 heteroatoms. The third kappa shape index (κ3) is 3.84. The minimum absolute atomic E-state index is 0.000339. The molecule has 0 fully saturated rings. The van der Waals surface area contributed by atoms with Crippen LogP contribution < -0.4 is 10.6 Å². The second-order valence-corrected chi connectivity index (χ2v) is 5.75. The normalized spacial score (nSPS) is 11.7. The van der Waals surface area contributed by atoms with Gasteiger partial charge in [0.1, 0.15) is 0 Å². The number of nitrogens with zero attached hydrogens (tertiary/aromatic N) is 2. The molecule has 0 spiro atoms. The molecule has 2 N–H and O–H groups in total. The number of halogens is 1. The summed E-state index contributed by atoms with van der Waals surface area (Å²) < 4.78 is 0.985. The first-order valence-electron chi connectivity index (χ1n) is 6.88. The molecule has 0 aromatic heterocycles. The van der Waals surface area contributed by atoms with Crippen LogP contribution in [0.15, 0.2) is 53.0 Å². The van der Waals surface area contributed by atoms with Gasteiger partial charge in [-0.2, -0.15) is 5.26 Å². The molecule has 0 radical (unpaired) electrons. The van der Waals surface area contributed by atoms with Crippen LogP contribution in [0.4, 0.5) is 11.4 Å². The Bertz CT molecular complexity index is 632. The lowest BCUT2D eigenvalue weighted by atomic mass is 10.1. The SMILES string of the molecule is C[C@@H](N)c1ccc(N(CCC#N)c2ccccc2)c(Br)c1. The molecule has 3 nitrogen and oxygen atoms in total. The standard InChI is InChI=1S/C17H18BrN3/c1-13(20)14-8-9-17(16(18)12-14)21(11-5-10-19)15-6-3-2-4-7-15/h2-4,6-9,12-13H,5,11,20H2,1H3/t13-/m1/s1. The first-order chi connectivity index (χ1) is 10.1. The fraction of sp³-hybridized carbons (Fsp3) is 0.235. The average molecular weight is 344 g/mol. The Morgan fingerprint density at radius 2 is 1.95 bits per heavy atom. The minimum Gasteiger partial charge on any atom is -0.340 e. The van der Waals surface area contributed by atoms with Crippen molar-refractivity contribution in [2.45, 2.75) is 19.4 Å². The molecule has 0 heterocycles. The number of nitrogens with two attached hydrogens (primary N) is 1. The van der Waals surface area contributed by atoms with E-state index >= 15 is 0 Å². The lowest BCUT2D eigenvalue weighted by molar-refractivity contribution is 0.816. The maximum absolute atomic E-state index is 8.89. The van der Waals surface area contributed by atoms with Crippen LogP contribution in [-0.4, -0.2) is 6.54 Å². The zero-order chi connectivity index (χ0) is 15.2. The second kappa shape index (κ2) is 7.26. The quantitative estimate of drug-likeness (QED) is 0.868. The summed E-state index contributed by atoms with van der Waals surface area (Å²) in [5.41, 5.74) is 9.12. The van der Waals surface area contributed by atoms with Crippen molar-refractivity contribution in [3.8, 4) is 6.07 Å². The van der Waals surface area contributed by atoms with Gasteiger partial charge in [-0.1, -0.05) is 24.3 Å². The first kappa shape index (κ1) is 15.6. The predicted octanol–water partition coefficient (Wildman–Crippen LogP) is 4.52. The van der Waals surface area contributed by atoms with Crippen molar-refractivity contribution in [2.75, 3.05) is 11.4 Å². The molecular formula is C17H18BrN3. The predicted molar refractivity (Wildman–Crippen MR) is 90.4 cm³/mol. The fourth-order valence-corrected chi connectivity index (χ4v) is 2.79. The zero-order valence-corrected chi connectivity index (χ0v) is 13.5. The lowest BCUT2D eigenvalue weighted by Gasteiger charge is -2.26. The average Bonchev–Trinajstić information content (AvgIpc) is 2.50. The van der Waals surface area contributed by atoms with Crippen LogP contribution in [0.3, 0.4) is 0 Å². The maximum atomic E-state index is 8.89. The highest BCUT2D eigenvalue weighted by molar-refractivity contribution is 9.10. The van der Waals surface area contributed by atoms with Crippen molar-refractivity contribution < 1.29 is 0 Å². The molecule has 0 aliphatic rings. The summed E-state index contributed by atoms with van der Waals surface area (Å²) in [7, 11) is 0.